The van der Waals surface area contributed by atoms with Crippen LogP contribution in [0.2, 0.25) is 0 Å². The van der Waals surface area contributed by atoms with E-state index in [2.05, 4.69) is 9.89 Å². The summed E-state index contributed by atoms with van der Waals surface area (Å²) in [6.07, 6.45) is 12.2. The Hall–Kier alpha value is -1.81. The van der Waals surface area contributed by atoms with Gasteiger partial charge in [-0.2, -0.15) is 0 Å². The normalized spacial score (nSPS) is 31.4. The SMILES string of the molecule is O=C(CC1=CC=NC1)CC1CCCCC1N1CC2Cc3ccc(F)cc3CC2C1. The van der Waals surface area contributed by atoms with Gasteiger partial charge in [0.25, 0.3) is 0 Å². The number of halogens is 1. The number of ketones is 1. The second-order valence-electron chi connectivity index (χ2n) is 9.64. The molecule has 4 heteroatoms. The zero-order valence-electron chi connectivity index (χ0n) is 17.2. The van der Waals surface area contributed by atoms with Crippen molar-refractivity contribution in [3.8, 4) is 0 Å². The number of allylic oxidation sites excluding steroid dienone is 1. The van der Waals surface area contributed by atoms with Gasteiger partial charge < -0.3 is 0 Å². The van der Waals surface area contributed by atoms with Crippen molar-refractivity contribution in [2.24, 2.45) is 22.7 Å². The average molecular weight is 395 g/mol. The number of aliphatic imine (C=N–C) groups is 1. The Morgan fingerprint density at radius 1 is 1.10 bits per heavy atom. The Labute approximate surface area is 173 Å². The molecule has 1 saturated carbocycles. The first kappa shape index (κ1) is 19.2. The van der Waals surface area contributed by atoms with E-state index in [1.165, 1.54) is 42.4 Å². The van der Waals surface area contributed by atoms with Crippen molar-refractivity contribution < 1.29 is 9.18 Å². The Balaban J connectivity index is 1.23. The molecule has 1 aromatic carbocycles. The Bertz CT molecular complexity index is 845. The van der Waals surface area contributed by atoms with Gasteiger partial charge in [0.1, 0.15) is 11.6 Å². The van der Waals surface area contributed by atoms with Crippen LogP contribution in [-0.4, -0.2) is 42.6 Å². The molecule has 0 spiro atoms. The summed E-state index contributed by atoms with van der Waals surface area (Å²) in [5.74, 6) is 2.11. The third-order valence-corrected chi connectivity index (χ3v) is 7.70. The molecule has 154 valence electrons. The molecule has 2 aliphatic carbocycles. The molecule has 4 unspecified atom stereocenters. The fourth-order valence-corrected chi connectivity index (χ4v) is 6.28. The predicted molar refractivity (Wildman–Crippen MR) is 114 cm³/mol. The van der Waals surface area contributed by atoms with E-state index in [1.807, 2.05) is 18.4 Å². The molecule has 0 aromatic heterocycles. The average Bonchev–Trinajstić information content (AvgIpc) is 3.35. The summed E-state index contributed by atoms with van der Waals surface area (Å²) in [7, 11) is 0. The van der Waals surface area contributed by atoms with Crippen LogP contribution in [0.15, 0.2) is 34.8 Å². The summed E-state index contributed by atoms with van der Waals surface area (Å²) in [5, 5.41) is 0. The summed E-state index contributed by atoms with van der Waals surface area (Å²) < 4.78 is 13.7. The third kappa shape index (κ3) is 4.09. The van der Waals surface area contributed by atoms with Crippen LogP contribution >= 0.6 is 0 Å². The molecule has 1 saturated heterocycles. The minimum Gasteiger partial charge on any atom is -0.300 e. The highest BCUT2D eigenvalue weighted by Gasteiger charge is 2.41. The van der Waals surface area contributed by atoms with Crippen LogP contribution in [-0.2, 0) is 17.6 Å². The molecule has 2 aliphatic heterocycles. The predicted octanol–water partition coefficient (Wildman–Crippen LogP) is 4.39. The molecule has 0 radical (unpaired) electrons. The highest BCUT2D eigenvalue weighted by molar-refractivity contribution is 5.84. The van der Waals surface area contributed by atoms with Crippen molar-refractivity contribution in [1.29, 1.82) is 0 Å². The standard InChI is InChI=1S/C25H31FN2O/c26-23-6-5-18-10-21-15-28(16-22(21)11-20(18)12-23)25-4-2-1-3-19(25)13-24(29)9-17-7-8-27-14-17/h5-8,12,19,21-22,25H,1-4,9-11,13-16H2. The number of hydrogen-bond acceptors (Lipinski definition) is 3. The van der Waals surface area contributed by atoms with Crippen LogP contribution in [0.25, 0.3) is 0 Å². The lowest BCUT2D eigenvalue weighted by atomic mass is 9.78. The van der Waals surface area contributed by atoms with Crippen LogP contribution in [0.5, 0.6) is 0 Å². The maximum Gasteiger partial charge on any atom is 0.137 e. The molecule has 0 bridgehead atoms. The van der Waals surface area contributed by atoms with Crippen molar-refractivity contribution in [3.05, 3.63) is 46.8 Å². The van der Waals surface area contributed by atoms with Crippen LogP contribution in [0.1, 0.15) is 49.7 Å². The quantitative estimate of drug-likeness (QED) is 0.742. The molecule has 2 fully saturated rings. The number of rotatable bonds is 5. The first-order valence-electron chi connectivity index (χ1n) is 11.4. The van der Waals surface area contributed by atoms with E-state index in [4.69, 9.17) is 0 Å². The number of benzene rings is 1. The van der Waals surface area contributed by atoms with Gasteiger partial charge in [0.05, 0.1) is 6.54 Å². The lowest BCUT2D eigenvalue weighted by Gasteiger charge is -2.38. The van der Waals surface area contributed by atoms with Crippen LogP contribution in [0, 0.1) is 23.6 Å². The molecule has 1 aromatic rings. The highest BCUT2D eigenvalue weighted by atomic mass is 19.1. The van der Waals surface area contributed by atoms with Gasteiger partial charge in [-0.25, -0.2) is 4.39 Å². The summed E-state index contributed by atoms with van der Waals surface area (Å²) in [6.45, 7) is 2.97. The molecule has 2 heterocycles. The minimum atomic E-state index is -0.106. The molecule has 29 heavy (non-hydrogen) atoms. The fourth-order valence-electron chi connectivity index (χ4n) is 6.28. The Kier molecular flexibility index (Phi) is 5.38. The van der Waals surface area contributed by atoms with Gasteiger partial charge in [0, 0.05) is 38.2 Å². The molecular formula is C25H31FN2O. The van der Waals surface area contributed by atoms with Crippen LogP contribution < -0.4 is 0 Å². The summed E-state index contributed by atoms with van der Waals surface area (Å²) >= 11 is 0. The molecular weight excluding hydrogens is 363 g/mol. The van der Waals surface area contributed by atoms with Gasteiger partial charge in [-0.15, -0.1) is 0 Å². The number of nitrogens with zero attached hydrogens (tertiary/aromatic N) is 2. The zero-order chi connectivity index (χ0) is 19.8. The van der Waals surface area contributed by atoms with E-state index < -0.39 is 0 Å². The van der Waals surface area contributed by atoms with Crippen LogP contribution in [0.4, 0.5) is 4.39 Å². The maximum atomic E-state index is 13.7. The van der Waals surface area contributed by atoms with Crippen molar-refractivity contribution in [1.82, 2.24) is 4.90 Å². The molecule has 0 N–H and O–H groups in total. The highest BCUT2D eigenvalue weighted by Crippen LogP contribution is 2.40. The summed E-state index contributed by atoms with van der Waals surface area (Å²) in [4.78, 5) is 19.6. The minimum absolute atomic E-state index is 0.106. The summed E-state index contributed by atoms with van der Waals surface area (Å²) in [5.41, 5.74) is 3.73. The third-order valence-electron chi connectivity index (χ3n) is 7.70. The van der Waals surface area contributed by atoms with Crippen molar-refractivity contribution in [3.63, 3.8) is 0 Å². The van der Waals surface area contributed by atoms with Gasteiger partial charge in [-0.3, -0.25) is 14.7 Å². The van der Waals surface area contributed by atoms with Crippen molar-refractivity contribution in [2.45, 2.75) is 57.4 Å². The number of hydrogen-bond donors (Lipinski definition) is 0. The number of fused-ring (bicyclic) bond motifs is 2. The van der Waals surface area contributed by atoms with E-state index in [1.54, 1.807) is 12.1 Å². The summed E-state index contributed by atoms with van der Waals surface area (Å²) in [6, 6.07) is 5.90. The second kappa shape index (κ2) is 8.14. The number of likely N-dealkylation sites (tertiary alicyclic amines) is 1. The number of carbonyl (C=O) groups is 1. The monoisotopic (exact) mass is 394 g/mol. The number of Topliss-reactive ketones (excluding diaryl/α,β-unsaturated/α-hetero) is 1. The van der Waals surface area contributed by atoms with Crippen molar-refractivity contribution >= 4 is 12.0 Å². The molecule has 4 atom stereocenters. The Morgan fingerprint density at radius 2 is 1.90 bits per heavy atom. The molecule has 4 aliphatic rings. The largest absolute Gasteiger partial charge is 0.300 e. The zero-order valence-corrected chi connectivity index (χ0v) is 17.2. The number of carbonyl (C=O) groups excluding carboxylic acids is 1. The van der Waals surface area contributed by atoms with Gasteiger partial charge in [0.2, 0.25) is 0 Å². The molecule has 0 amide bonds. The van der Waals surface area contributed by atoms with Gasteiger partial charge >= 0.3 is 0 Å². The van der Waals surface area contributed by atoms with Gasteiger partial charge in [0.15, 0.2) is 0 Å². The van der Waals surface area contributed by atoms with E-state index in [9.17, 15) is 9.18 Å². The molecule has 3 nitrogen and oxygen atoms in total. The lowest BCUT2D eigenvalue weighted by Crippen LogP contribution is -2.42. The topological polar surface area (TPSA) is 32.7 Å². The van der Waals surface area contributed by atoms with Gasteiger partial charge in [-0.05, 0) is 78.3 Å². The van der Waals surface area contributed by atoms with E-state index in [0.29, 0.717) is 42.5 Å². The first-order chi connectivity index (χ1) is 14.2. The molecule has 5 rings (SSSR count). The lowest BCUT2D eigenvalue weighted by molar-refractivity contribution is -0.120. The maximum absolute atomic E-state index is 13.7. The first-order valence-corrected chi connectivity index (χ1v) is 11.4. The smallest absolute Gasteiger partial charge is 0.137 e. The van der Waals surface area contributed by atoms with E-state index in [0.717, 1.165) is 32.4 Å². The Morgan fingerprint density at radius 3 is 2.69 bits per heavy atom. The van der Waals surface area contributed by atoms with Crippen molar-refractivity contribution in [2.75, 3.05) is 19.6 Å². The second-order valence-corrected chi connectivity index (χ2v) is 9.64. The van der Waals surface area contributed by atoms with Crippen LogP contribution in [0.3, 0.4) is 0 Å². The van der Waals surface area contributed by atoms with E-state index >= 15 is 0 Å². The fraction of sp³-hybridized carbons (Fsp3) is 0.600. The van der Waals surface area contributed by atoms with Gasteiger partial charge in [-0.1, -0.05) is 18.9 Å². The van der Waals surface area contributed by atoms with E-state index in [-0.39, 0.29) is 5.82 Å².